The summed E-state index contributed by atoms with van der Waals surface area (Å²) in [7, 11) is 0. The molecule has 0 bridgehead atoms. The topological polar surface area (TPSA) is 81.1 Å². The average Bonchev–Trinajstić information content (AvgIpc) is 3.11. The monoisotopic (exact) mass is 353 g/mol. The summed E-state index contributed by atoms with van der Waals surface area (Å²) in [5.74, 6) is -0.410. The van der Waals surface area contributed by atoms with E-state index in [0.29, 0.717) is 16.9 Å². The highest BCUT2D eigenvalue weighted by molar-refractivity contribution is 7.13. The molecule has 6 nitrogen and oxygen atoms in total. The number of thiophene rings is 1. The lowest BCUT2D eigenvalue weighted by atomic mass is 10.1. The number of hydrogen-bond acceptors (Lipinski definition) is 5. The van der Waals surface area contributed by atoms with Crippen molar-refractivity contribution in [3.8, 4) is 10.6 Å². The van der Waals surface area contributed by atoms with Crippen molar-refractivity contribution >= 4 is 28.7 Å². The van der Waals surface area contributed by atoms with Crippen LogP contribution < -0.4 is 10.9 Å². The van der Waals surface area contributed by atoms with Gasteiger partial charge in [0.2, 0.25) is 5.91 Å². The molecule has 3 aromatic rings. The lowest BCUT2D eigenvalue weighted by Gasteiger charge is -2.07. The number of amides is 1. The molecule has 0 aliphatic carbocycles. The van der Waals surface area contributed by atoms with Gasteiger partial charge in [-0.1, -0.05) is 6.07 Å². The van der Waals surface area contributed by atoms with Crippen molar-refractivity contribution < 1.29 is 9.59 Å². The van der Waals surface area contributed by atoms with E-state index in [4.69, 9.17) is 0 Å². The minimum Gasteiger partial charge on any atom is -0.326 e. The zero-order valence-electron chi connectivity index (χ0n) is 13.4. The van der Waals surface area contributed by atoms with Crippen molar-refractivity contribution in [3.05, 3.63) is 69.8 Å². The van der Waals surface area contributed by atoms with Crippen molar-refractivity contribution in [2.24, 2.45) is 0 Å². The van der Waals surface area contributed by atoms with Crippen LogP contribution in [0.15, 0.2) is 58.7 Å². The Kier molecular flexibility index (Phi) is 4.85. The predicted octanol–water partition coefficient (Wildman–Crippen LogP) is 2.81. The minimum atomic E-state index is -0.330. The molecule has 25 heavy (non-hydrogen) atoms. The molecule has 0 fully saturated rings. The van der Waals surface area contributed by atoms with Crippen molar-refractivity contribution in [2.45, 2.75) is 13.5 Å². The maximum absolute atomic E-state index is 12.4. The van der Waals surface area contributed by atoms with Crippen LogP contribution in [-0.2, 0) is 11.3 Å². The number of benzene rings is 1. The number of nitrogens with one attached hydrogen (secondary N) is 1. The Bertz CT molecular complexity index is 960. The summed E-state index contributed by atoms with van der Waals surface area (Å²) in [5.41, 5.74) is 1.38. The van der Waals surface area contributed by atoms with Crippen LogP contribution in [0, 0.1) is 0 Å². The number of hydrogen-bond donors (Lipinski definition) is 1. The van der Waals surface area contributed by atoms with E-state index in [2.05, 4.69) is 10.4 Å². The predicted molar refractivity (Wildman–Crippen MR) is 96.9 cm³/mol. The molecule has 0 spiro atoms. The second-order valence-corrected chi connectivity index (χ2v) is 6.32. The van der Waals surface area contributed by atoms with Crippen LogP contribution in [0.5, 0.6) is 0 Å². The first-order chi connectivity index (χ1) is 12.0. The van der Waals surface area contributed by atoms with Gasteiger partial charge in [-0.2, -0.15) is 5.10 Å². The number of carbonyl (C=O) groups is 2. The molecule has 2 heterocycles. The maximum atomic E-state index is 12.4. The van der Waals surface area contributed by atoms with E-state index in [0.717, 1.165) is 4.88 Å². The third-order valence-electron chi connectivity index (χ3n) is 3.46. The van der Waals surface area contributed by atoms with E-state index in [-0.39, 0.29) is 23.8 Å². The van der Waals surface area contributed by atoms with Gasteiger partial charge >= 0.3 is 0 Å². The highest BCUT2D eigenvalue weighted by atomic mass is 32.1. The second-order valence-electron chi connectivity index (χ2n) is 5.37. The first-order valence-corrected chi connectivity index (χ1v) is 8.44. The fourth-order valence-electron chi connectivity index (χ4n) is 2.29. The molecule has 7 heteroatoms. The summed E-state index contributed by atoms with van der Waals surface area (Å²) in [6.07, 6.45) is 0. The van der Waals surface area contributed by atoms with Gasteiger partial charge in [0, 0.05) is 24.2 Å². The van der Waals surface area contributed by atoms with E-state index < -0.39 is 0 Å². The normalized spacial score (nSPS) is 10.4. The van der Waals surface area contributed by atoms with Gasteiger partial charge < -0.3 is 5.32 Å². The van der Waals surface area contributed by atoms with E-state index in [1.807, 2.05) is 17.5 Å². The second kappa shape index (κ2) is 7.23. The summed E-state index contributed by atoms with van der Waals surface area (Å²) >= 11 is 1.51. The van der Waals surface area contributed by atoms with E-state index in [1.54, 1.807) is 30.3 Å². The van der Waals surface area contributed by atoms with Crippen LogP contribution in [0.3, 0.4) is 0 Å². The molecule has 0 saturated carbocycles. The first-order valence-electron chi connectivity index (χ1n) is 7.56. The van der Waals surface area contributed by atoms with Gasteiger partial charge in [-0.3, -0.25) is 14.4 Å². The highest BCUT2D eigenvalue weighted by Gasteiger charge is 2.11. The molecular weight excluding hydrogens is 338 g/mol. The summed E-state index contributed by atoms with van der Waals surface area (Å²) in [6, 6.07) is 13.4. The van der Waals surface area contributed by atoms with Crippen LogP contribution in [0.1, 0.15) is 17.3 Å². The fraction of sp³-hybridized carbons (Fsp3) is 0.111. The number of ketones is 1. The maximum Gasteiger partial charge on any atom is 0.267 e. The van der Waals surface area contributed by atoms with Gasteiger partial charge in [0.25, 0.3) is 5.56 Å². The van der Waals surface area contributed by atoms with Crippen LogP contribution >= 0.6 is 11.3 Å². The zero-order chi connectivity index (χ0) is 17.8. The molecule has 0 atom stereocenters. The van der Waals surface area contributed by atoms with E-state index in [1.165, 1.54) is 29.0 Å². The Morgan fingerprint density at radius 2 is 1.88 bits per heavy atom. The molecule has 3 rings (SSSR count). The van der Waals surface area contributed by atoms with Crippen LogP contribution in [0.2, 0.25) is 0 Å². The summed E-state index contributed by atoms with van der Waals surface area (Å²) in [5, 5.41) is 8.83. The highest BCUT2D eigenvalue weighted by Crippen LogP contribution is 2.21. The van der Waals surface area contributed by atoms with Crippen LogP contribution in [0.4, 0.5) is 5.69 Å². The van der Waals surface area contributed by atoms with Crippen molar-refractivity contribution in [1.29, 1.82) is 0 Å². The molecular formula is C18H15N3O3S. The molecule has 2 aromatic heterocycles. The van der Waals surface area contributed by atoms with Crippen molar-refractivity contribution in [2.75, 3.05) is 5.32 Å². The zero-order valence-corrected chi connectivity index (χ0v) is 14.2. The van der Waals surface area contributed by atoms with Crippen LogP contribution in [-0.4, -0.2) is 21.5 Å². The fourth-order valence-corrected chi connectivity index (χ4v) is 2.98. The molecule has 1 amide bonds. The Morgan fingerprint density at radius 1 is 1.12 bits per heavy atom. The molecule has 126 valence electrons. The summed E-state index contributed by atoms with van der Waals surface area (Å²) in [4.78, 5) is 36.3. The van der Waals surface area contributed by atoms with Crippen molar-refractivity contribution in [3.63, 3.8) is 0 Å². The number of carbonyl (C=O) groups excluding carboxylic acids is 2. The Labute approximate surface area is 147 Å². The number of anilines is 1. The Balaban J connectivity index is 1.80. The van der Waals surface area contributed by atoms with Gasteiger partial charge in [0.15, 0.2) is 5.78 Å². The number of nitrogens with zero attached hydrogens (tertiary/aromatic N) is 2. The SMILES string of the molecule is CC(=O)Nc1ccc(C(=O)Cn2nc(-c3cccs3)ccc2=O)cc1. The summed E-state index contributed by atoms with van der Waals surface area (Å²) in [6.45, 7) is 1.27. The minimum absolute atomic E-state index is 0.141. The van der Waals surface area contributed by atoms with Crippen molar-refractivity contribution in [1.82, 2.24) is 9.78 Å². The average molecular weight is 353 g/mol. The molecule has 0 unspecified atom stereocenters. The van der Waals surface area contributed by atoms with Gasteiger partial charge in [0.1, 0.15) is 12.2 Å². The van der Waals surface area contributed by atoms with Gasteiger partial charge in [0.05, 0.1) is 4.88 Å². The molecule has 1 aromatic carbocycles. The molecule has 0 aliphatic heterocycles. The lowest BCUT2D eigenvalue weighted by Crippen LogP contribution is -2.26. The van der Waals surface area contributed by atoms with Gasteiger partial charge in [-0.05, 0) is 41.8 Å². The number of rotatable bonds is 5. The number of aromatic nitrogens is 2. The smallest absolute Gasteiger partial charge is 0.267 e. The largest absolute Gasteiger partial charge is 0.326 e. The first kappa shape index (κ1) is 16.8. The lowest BCUT2D eigenvalue weighted by molar-refractivity contribution is -0.114. The van der Waals surface area contributed by atoms with Crippen LogP contribution in [0.25, 0.3) is 10.6 Å². The van der Waals surface area contributed by atoms with Gasteiger partial charge in [-0.25, -0.2) is 4.68 Å². The summed E-state index contributed by atoms with van der Waals surface area (Å²) < 4.78 is 1.17. The third-order valence-corrected chi connectivity index (χ3v) is 4.35. The Morgan fingerprint density at radius 3 is 2.52 bits per heavy atom. The Hall–Kier alpha value is -3.06. The molecule has 1 N–H and O–H groups in total. The standard InChI is InChI=1S/C18H15N3O3S/c1-12(22)19-14-6-4-13(5-7-14)16(23)11-21-18(24)9-8-15(20-21)17-3-2-10-25-17/h2-10H,11H2,1H3,(H,19,22). The molecule has 0 radical (unpaired) electrons. The molecule has 0 saturated heterocycles. The quantitative estimate of drug-likeness (QED) is 0.715. The van der Waals surface area contributed by atoms with E-state index in [9.17, 15) is 14.4 Å². The third kappa shape index (κ3) is 4.07. The van der Waals surface area contributed by atoms with E-state index >= 15 is 0 Å². The van der Waals surface area contributed by atoms with Gasteiger partial charge in [-0.15, -0.1) is 11.3 Å². The molecule has 0 aliphatic rings. The number of Topliss-reactive ketones (excluding diaryl/α,β-unsaturated/α-hetero) is 1.